The number of hydrogen-bond donors (Lipinski definition) is 2. The lowest BCUT2D eigenvalue weighted by molar-refractivity contribution is 0.0756. The van der Waals surface area contributed by atoms with Crippen LogP contribution in [0, 0.1) is 0 Å². The van der Waals surface area contributed by atoms with Crippen LogP contribution in [0.3, 0.4) is 0 Å². The van der Waals surface area contributed by atoms with E-state index in [1.54, 1.807) is 4.90 Å². The molecular weight excluding hydrogens is 254 g/mol. The monoisotopic (exact) mass is 279 g/mol. The van der Waals surface area contributed by atoms with Crippen molar-refractivity contribution in [3.05, 3.63) is 11.4 Å². The molecule has 1 aliphatic rings. The molecule has 6 nitrogen and oxygen atoms in total. The van der Waals surface area contributed by atoms with E-state index in [0.29, 0.717) is 17.4 Å². The van der Waals surface area contributed by atoms with Crippen molar-refractivity contribution in [3.8, 4) is 0 Å². The van der Waals surface area contributed by atoms with Crippen molar-refractivity contribution in [2.45, 2.75) is 38.6 Å². The number of likely N-dealkylation sites (N-methyl/N-ethyl adjacent to an activating group) is 2. The molecule has 1 aliphatic heterocycles. The van der Waals surface area contributed by atoms with Gasteiger partial charge in [-0.2, -0.15) is 5.10 Å². The summed E-state index contributed by atoms with van der Waals surface area (Å²) in [6.07, 6.45) is 4.14. The van der Waals surface area contributed by atoms with Crippen LogP contribution in [0.2, 0.25) is 0 Å². The summed E-state index contributed by atoms with van der Waals surface area (Å²) in [7, 11) is 3.93. The Bertz CT molecular complexity index is 470. The Labute approximate surface area is 120 Å². The van der Waals surface area contributed by atoms with Crippen LogP contribution in [0.5, 0.6) is 0 Å². The van der Waals surface area contributed by atoms with Gasteiger partial charge in [-0.3, -0.25) is 9.89 Å². The van der Waals surface area contributed by atoms with Crippen molar-refractivity contribution in [1.29, 1.82) is 0 Å². The predicted molar refractivity (Wildman–Crippen MR) is 79.6 cm³/mol. The summed E-state index contributed by atoms with van der Waals surface area (Å²) < 4.78 is 0. The summed E-state index contributed by atoms with van der Waals surface area (Å²) in [6.45, 7) is 3.91. The zero-order chi connectivity index (χ0) is 14.7. The number of hydrogen-bond acceptors (Lipinski definition) is 4. The topological polar surface area (TPSA) is 78.2 Å². The van der Waals surface area contributed by atoms with Crippen molar-refractivity contribution in [3.63, 3.8) is 0 Å². The summed E-state index contributed by atoms with van der Waals surface area (Å²) in [6, 6.07) is 0.444. The second kappa shape index (κ2) is 6.26. The van der Waals surface area contributed by atoms with Gasteiger partial charge in [0.1, 0.15) is 0 Å². The standard InChI is InChI=1S/C14H25N5O/c1-4-6-11-12(15)13(17-16-11)14(20)19(3)9-10-7-5-8-18(10)2/h10H,4-9,15H2,1-3H3,(H,16,17). The third-order valence-corrected chi connectivity index (χ3v) is 4.09. The SMILES string of the molecule is CCCc1[nH]nc(C(=O)N(C)CC2CCCN2C)c1N. The summed E-state index contributed by atoms with van der Waals surface area (Å²) in [5.41, 5.74) is 7.74. The minimum absolute atomic E-state index is 0.0959. The van der Waals surface area contributed by atoms with E-state index >= 15 is 0 Å². The van der Waals surface area contributed by atoms with E-state index < -0.39 is 0 Å². The highest BCUT2D eigenvalue weighted by Crippen LogP contribution is 2.19. The molecule has 0 bridgehead atoms. The fraction of sp³-hybridized carbons (Fsp3) is 0.714. The van der Waals surface area contributed by atoms with E-state index in [0.717, 1.165) is 38.0 Å². The van der Waals surface area contributed by atoms with Gasteiger partial charge in [-0.25, -0.2) is 0 Å². The number of likely N-dealkylation sites (tertiary alicyclic amines) is 1. The van der Waals surface area contributed by atoms with Gasteiger partial charge in [0.25, 0.3) is 5.91 Å². The van der Waals surface area contributed by atoms with Gasteiger partial charge in [0.15, 0.2) is 5.69 Å². The lowest BCUT2D eigenvalue weighted by Crippen LogP contribution is -2.39. The molecule has 1 amide bonds. The lowest BCUT2D eigenvalue weighted by atomic mass is 10.2. The lowest BCUT2D eigenvalue weighted by Gasteiger charge is -2.25. The van der Waals surface area contributed by atoms with Gasteiger partial charge in [0, 0.05) is 19.6 Å². The number of nitrogens with one attached hydrogen (secondary N) is 1. The zero-order valence-electron chi connectivity index (χ0n) is 12.6. The molecule has 1 aromatic heterocycles. The fourth-order valence-electron chi connectivity index (χ4n) is 2.78. The van der Waals surface area contributed by atoms with Crippen molar-refractivity contribution in [2.24, 2.45) is 0 Å². The maximum absolute atomic E-state index is 12.4. The number of H-pyrrole nitrogens is 1. The molecule has 20 heavy (non-hydrogen) atoms. The van der Waals surface area contributed by atoms with Gasteiger partial charge in [-0.05, 0) is 32.9 Å². The van der Waals surface area contributed by atoms with Crippen LogP contribution in [0.15, 0.2) is 0 Å². The molecule has 1 aromatic rings. The maximum atomic E-state index is 12.4. The van der Waals surface area contributed by atoms with Crippen molar-refractivity contribution < 1.29 is 4.79 Å². The molecule has 2 rings (SSSR count). The molecular formula is C14H25N5O. The van der Waals surface area contributed by atoms with Crippen LogP contribution >= 0.6 is 0 Å². The second-order valence-electron chi connectivity index (χ2n) is 5.68. The first kappa shape index (κ1) is 14.8. The Balaban J connectivity index is 2.03. The van der Waals surface area contributed by atoms with Crippen molar-refractivity contribution in [1.82, 2.24) is 20.0 Å². The number of carbonyl (C=O) groups excluding carboxylic acids is 1. The first-order chi connectivity index (χ1) is 9.54. The van der Waals surface area contributed by atoms with Gasteiger partial charge in [-0.15, -0.1) is 0 Å². The van der Waals surface area contributed by atoms with E-state index in [2.05, 4.69) is 29.1 Å². The van der Waals surface area contributed by atoms with Gasteiger partial charge in [-0.1, -0.05) is 13.3 Å². The number of nitrogen functional groups attached to an aromatic ring is 1. The molecule has 0 saturated carbocycles. The molecule has 2 heterocycles. The number of nitrogens with zero attached hydrogens (tertiary/aromatic N) is 3. The molecule has 1 atom stereocenters. The third kappa shape index (κ3) is 2.95. The Morgan fingerprint density at radius 2 is 2.35 bits per heavy atom. The molecule has 0 spiro atoms. The highest BCUT2D eigenvalue weighted by Gasteiger charge is 2.26. The number of aromatic amines is 1. The minimum Gasteiger partial charge on any atom is -0.395 e. The average Bonchev–Trinajstić information content (AvgIpc) is 2.97. The van der Waals surface area contributed by atoms with E-state index in [9.17, 15) is 4.79 Å². The Morgan fingerprint density at radius 1 is 1.60 bits per heavy atom. The average molecular weight is 279 g/mol. The number of rotatable bonds is 5. The fourth-order valence-corrected chi connectivity index (χ4v) is 2.78. The summed E-state index contributed by atoms with van der Waals surface area (Å²) >= 11 is 0. The molecule has 112 valence electrons. The number of aromatic nitrogens is 2. The van der Waals surface area contributed by atoms with Gasteiger partial charge >= 0.3 is 0 Å². The van der Waals surface area contributed by atoms with Crippen molar-refractivity contribution >= 4 is 11.6 Å². The largest absolute Gasteiger partial charge is 0.395 e. The van der Waals surface area contributed by atoms with Crippen LogP contribution in [-0.2, 0) is 6.42 Å². The number of anilines is 1. The quantitative estimate of drug-likeness (QED) is 0.846. The zero-order valence-corrected chi connectivity index (χ0v) is 12.6. The molecule has 1 unspecified atom stereocenters. The predicted octanol–water partition coefficient (Wildman–Crippen LogP) is 1.11. The number of carbonyl (C=O) groups is 1. The van der Waals surface area contributed by atoms with Crippen LogP contribution in [0.25, 0.3) is 0 Å². The first-order valence-corrected chi connectivity index (χ1v) is 7.33. The van der Waals surface area contributed by atoms with Crippen LogP contribution in [0.1, 0.15) is 42.4 Å². The molecule has 6 heteroatoms. The molecule has 0 aliphatic carbocycles. The number of aryl methyl sites for hydroxylation is 1. The normalized spacial score (nSPS) is 19.4. The molecule has 3 N–H and O–H groups in total. The number of nitrogens with two attached hydrogens (primary N) is 1. The highest BCUT2D eigenvalue weighted by molar-refractivity contribution is 5.97. The van der Waals surface area contributed by atoms with E-state index in [-0.39, 0.29) is 5.91 Å². The molecule has 0 aromatic carbocycles. The minimum atomic E-state index is -0.0959. The first-order valence-electron chi connectivity index (χ1n) is 7.33. The van der Waals surface area contributed by atoms with Crippen LogP contribution < -0.4 is 5.73 Å². The second-order valence-corrected chi connectivity index (χ2v) is 5.68. The third-order valence-electron chi connectivity index (χ3n) is 4.09. The Kier molecular flexibility index (Phi) is 4.65. The highest BCUT2D eigenvalue weighted by atomic mass is 16.2. The molecule has 0 radical (unpaired) electrons. The van der Waals surface area contributed by atoms with Crippen LogP contribution in [-0.4, -0.2) is 59.1 Å². The summed E-state index contributed by atoms with van der Waals surface area (Å²) in [5.74, 6) is -0.0959. The molecule has 1 fully saturated rings. The van der Waals surface area contributed by atoms with E-state index in [1.165, 1.54) is 6.42 Å². The Morgan fingerprint density at radius 3 is 2.95 bits per heavy atom. The van der Waals surface area contributed by atoms with Crippen LogP contribution in [0.4, 0.5) is 5.69 Å². The van der Waals surface area contributed by atoms with E-state index in [1.807, 2.05) is 7.05 Å². The number of amides is 1. The molecule has 1 saturated heterocycles. The van der Waals surface area contributed by atoms with Gasteiger partial charge in [0.2, 0.25) is 0 Å². The maximum Gasteiger partial charge on any atom is 0.276 e. The smallest absolute Gasteiger partial charge is 0.276 e. The van der Waals surface area contributed by atoms with Gasteiger partial charge in [0.05, 0.1) is 11.4 Å². The van der Waals surface area contributed by atoms with Gasteiger partial charge < -0.3 is 15.5 Å². The summed E-state index contributed by atoms with van der Waals surface area (Å²) in [5, 5.41) is 6.97. The Hall–Kier alpha value is -1.56. The summed E-state index contributed by atoms with van der Waals surface area (Å²) in [4.78, 5) is 16.5. The van der Waals surface area contributed by atoms with E-state index in [4.69, 9.17) is 5.73 Å². The van der Waals surface area contributed by atoms with Crippen molar-refractivity contribution in [2.75, 3.05) is 32.9 Å².